The highest BCUT2D eigenvalue weighted by atomic mass is 32.2. The van der Waals surface area contributed by atoms with Crippen LogP contribution in [-0.2, 0) is 19.0 Å². The quantitative estimate of drug-likeness (QED) is 0.605. The van der Waals surface area contributed by atoms with Gasteiger partial charge >= 0.3 is 0 Å². The Morgan fingerprint density at radius 2 is 2.20 bits per heavy atom. The number of hydrogen-bond acceptors (Lipinski definition) is 5. The second kappa shape index (κ2) is 5.79. The van der Waals surface area contributed by atoms with Crippen molar-refractivity contribution in [3.05, 3.63) is 0 Å². The van der Waals surface area contributed by atoms with Gasteiger partial charge in [0.05, 0.1) is 19.5 Å². The summed E-state index contributed by atoms with van der Waals surface area (Å²) in [5.74, 6) is 0.330. The summed E-state index contributed by atoms with van der Waals surface area (Å²) in [4.78, 5) is 2.26. The largest absolute Gasteiger partial charge is 0.383 e. The standard InChI is InChI=1S/C9H19NO4S/c1-13-6-5-10-4-3-9(7-10)8-14-15(2,11)12/h9H,3-8H2,1-2H3. The molecule has 1 unspecified atom stereocenters. The van der Waals surface area contributed by atoms with Crippen molar-refractivity contribution in [1.82, 2.24) is 4.90 Å². The Bertz CT molecular complexity index is 278. The van der Waals surface area contributed by atoms with Gasteiger partial charge in [0, 0.05) is 20.2 Å². The van der Waals surface area contributed by atoms with E-state index in [1.165, 1.54) is 0 Å². The van der Waals surface area contributed by atoms with Crippen molar-refractivity contribution in [3.8, 4) is 0 Å². The molecule has 0 amide bonds. The molecule has 0 bridgehead atoms. The first-order valence-electron chi connectivity index (χ1n) is 5.07. The fraction of sp³-hybridized carbons (Fsp3) is 1.00. The number of hydrogen-bond donors (Lipinski definition) is 0. The second-order valence-electron chi connectivity index (χ2n) is 3.94. The molecule has 1 aliphatic rings. The zero-order chi connectivity index (χ0) is 11.3. The Morgan fingerprint density at radius 3 is 2.80 bits per heavy atom. The molecule has 6 heteroatoms. The third-order valence-corrected chi connectivity index (χ3v) is 3.06. The predicted molar refractivity (Wildman–Crippen MR) is 57.2 cm³/mol. The molecule has 1 saturated heterocycles. The minimum atomic E-state index is -3.29. The molecule has 90 valence electrons. The molecule has 0 radical (unpaired) electrons. The van der Waals surface area contributed by atoms with Crippen LogP contribution < -0.4 is 0 Å². The maximum atomic E-state index is 10.8. The van der Waals surface area contributed by atoms with Crippen molar-refractivity contribution < 1.29 is 17.3 Å². The first-order chi connectivity index (χ1) is 7.01. The number of rotatable bonds is 6. The average molecular weight is 237 g/mol. The molecule has 0 aromatic carbocycles. The van der Waals surface area contributed by atoms with Gasteiger partial charge in [-0.25, -0.2) is 0 Å². The third kappa shape index (κ3) is 5.46. The van der Waals surface area contributed by atoms with E-state index in [1.54, 1.807) is 7.11 Å². The van der Waals surface area contributed by atoms with Gasteiger partial charge in [-0.1, -0.05) is 0 Å². The molecule has 1 fully saturated rings. The van der Waals surface area contributed by atoms with Crippen LogP contribution in [0, 0.1) is 5.92 Å². The van der Waals surface area contributed by atoms with Gasteiger partial charge in [0.1, 0.15) is 0 Å². The number of likely N-dealkylation sites (tertiary alicyclic amines) is 1. The predicted octanol–water partition coefficient (Wildman–Crippen LogP) is -0.0691. The van der Waals surface area contributed by atoms with Crippen LogP contribution in [0.25, 0.3) is 0 Å². The van der Waals surface area contributed by atoms with Crippen LogP contribution in [0.2, 0.25) is 0 Å². The first-order valence-corrected chi connectivity index (χ1v) is 6.88. The molecule has 1 heterocycles. The van der Waals surface area contributed by atoms with E-state index < -0.39 is 10.1 Å². The molecule has 1 rings (SSSR count). The second-order valence-corrected chi connectivity index (χ2v) is 5.58. The Morgan fingerprint density at radius 1 is 1.47 bits per heavy atom. The van der Waals surface area contributed by atoms with Gasteiger partial charge in [0.2, 0.25) is 0 Å². The van der Waals surface area contributed by atoms with Crippen molar-refractivity contribution >= 4 is 10.1 Å². The zero-order valence-electron chi connectivity index (χ0n) is 9.31. The molecule has 0 aromatic rings. The van der Waals surface area contributed by atoms with E-state index in [2.05, 4.69) is 4.90 Å². The lowest BCUT2D eigenvalue weighted by Gasteiger charge is -2.14. The zero-order valence-corrected chi connectivity index (χ0v) is 10.1. The van der Waals surface area contributed by atoms with E-state index in [0.717, 1.165) is 38.9 Å². The molecule has 0 saturated carbocycles. The van der Waals surface area contributed by atoms with Gasteiger partial charge in [0.15, 0.2) is 0 Å². The lowest BCUT2D eigenvalue weighted by atomic mass is 10.1. The van der Waals surface area contributed by atoms with Gasteiger partial charge in [-0.05, 0) is 18.9 Å². The molecule has 0 aliphatic carbocycles. The fourth-order valence-electron chi connectivity index (χ4n) is 1.69. The summed E-state index contributed by atoms with van der Waals surface area (Å²) >= 11 is 0. The highest BCUT2D eigenvalue weighted by Crippen LogP contribution is 2.16. The summed E-state index contributed by atoms with van der Waals surface area (Å²) in [6.45, 7) is 3.84. The van der Waals surface area contributed by atoms with Crippen LogP contribution in [-0.4, -0.2) is 59.5 Å². The Kier molecular flexibility index (Phi) is 4.98. The summed E-state index contributed by atoms with van der Waals surface area (Å²) < 4.78 is 31.3. The highest BCUT2D eigenvalue weighted by Gasteiger charge is 2.23. The van der Waals surface area contributed by atoms with Gasteiger partial charge in [-0.3, -0.25) is 4.18 Å². The van der Waals surface area contributed by atoms with Crippen molar-refractivity contribution in [2.75, 3.05) is 46.2 Å². The Hall–Kier alpha value is -0.170. The minimum Gasteiger partial charge on any atom is -0.383 e. The molecule has 1 aliphatic heterocycles. The first kappa shape index (κ1) is 12.9. The van der Waals surface area contributed by atoms with E-state index in [-0.39, 0.29) is 0 Å². The highest BCUT2D eigenvalue weighted by molar-refractivity contribution is 7.85. The summed E-state index contributed by atoms with van der Waals surface area (Å²) in [7, 11) is -1.61. The SMILES string of the molecule is COCCN1CCC(COS(C)(=O)=O)C1. The van der Waals surface area contributed by atoms with E-state index in [4.69, 9.17) is 8.92 Å². The van der Waals surface area contributed by atoms with Crippen molar-refractivity contribution in [2.24, 2.45) is 5.92 Å². The van der Waals surface area contributed by atoms with Crippen LogP contribution in [0.5, 0.6) is 0 Å². The summed E-state index contributed by atoms with van der Waals surface area (Å²) in [5.41, 5.74) is 0. The molecular formula is C9H19NO4S. The molecular weight excluding hydrogens is 218 g/mol. The van der Waals surface area contributed by atoms with Crippen LogP contribution in [0.15, 0.2) is 0 Å². The Labute approximate surface area is 91.5 Å². The van der Waals surface area contributed by atoms with Crippen LogP contribution in [0.1, 0.15) is 6.42 Å². The molecule has 5 nitrogen and oxygen atoms in total. The summed E-state index contributed by atoms with van der Waals surface area (Å²) in [5, 5.41) is 0. The lowest BCUT2D eigenvalue weighted by molar-refractivity contribution is 0.156. The smallest absolute Gasteiger partial charge is 0.264 e. The van der Waals surface area contributed by atoms with Crippen molar-refractivity contribution in [3.63, 3.8) is 0 Å². The van der Waals surface area contributed by atoms with Crippen molar-refractivity contribution in [2.45, 2.75) is 6.42 Å². The molecule has 0 spiro atoms. The average Bonchev–Trinajstić information content (AvgIpc) is 2.58. The van der Waals surface area contributed by atoms with E-state index >= 15 is 0 Å². The lowest BCUT2D eigenvalue weighted by Crippen LogP contribution is -2.26. The third-order valence-electron chi connectivity index (χ3n) is 2.50. The van der Waals surface area contributed by atoms with Crippen LogP contribution in [0.4, 0.5) is 0 Å². The van der Waals surface area contributed by atoms with Gasteiger partial charge < -0.3 is 9.64 Å². The number of methoxy groups -OCH3 is 1. The number of nitrogens with zero attached hydrogens (tertiary/aromatic N) is 1. The molecule has 0 N–H and O–H groups in total. The maximum Gasteiger partial charge on any atom is 0.264 e. The Balaban J connectivity index is 2.19. The minimum absolute atomic E-state index is 0.308. The topological polar surface area (TPSA) is 55.8 Å². The monoisotopic (exact) mass is 237 g/mol. The molecule has 0 aromatic heterocycles. The van der Waals surface area contributed by atoms with Gasteiger partial charge in [-0.15, -0.1) is 0 Å². The molecule has 1 atom stereocenters. The maximum absolute atomic E-state index is 10.8. The van der Waals surface area contributed by atoms with Crippen LogP contribution in [0.3, 0.4) is 0 Å². The van der Waals surface area contributed by atoms with Gasteiger partial charge in [0.25, 0.3) is 10.1 Å². The van der Waals surface area contributed by atoms with Crippen molar-refractivity contribution in [1.29, 1.82) is 0 Å². The number of ether oxygens (including phenoxy) is 1. The van der Waals surface area contributed by atoms with E-state index in [0.29, 0.717) is 12.5 Å². The summed E-state index contributed by atoms with van der Waals surface area (Å²) in [6.07, 6.45) is 2.09. The van der Waals surface area contributed by atoms with Crippen LogP contribution >= 0.6 is 0 Å². The van der Waals surface area contributed by atoms with E-state index in [1.807, 2.05) is 0 Å². The summed E-state index contributed by atoms with van der Waals surface area (Å²) in [6, 6.07) is 0. The van der Waals surface area contributed by atoms with E-state index in [9.17, 15) is 8.42 Å². The normalized spacial score (nSPS) is 23.5. The van der Waals surface area contributed by atoms with Gasteiger partial charge in [-0.2, -0.15) is 8.42 Å². The fourth-order valence-corrected chi connectivity index (χ4v) is 2.13. The molecule has 15 heavy (non-hydrogen) atoms.